The fourth-order valence-corrected chi connectivity index (χ4v) is 2.61. The van der Waals surface area contributed by atoms with Crippen molar-refractivity contribution in [2.75, 3.05) is 19.9 Å². The number of hydrogen-bond acceptors (Lipinski definition) is 4. The Morgan fingerprint density at radius 2 is 1.75 bits per heavy atom. The Morgan fingerprint density at radius 3 is 2.25 bits per heavy atom. The zero-order valence-corrected chi connectivity index (χ0v) is 15.6. The van der Waals surface area contributed by atoms with E-state index in [9.17, 15) is 9.18 Å². The summed E-state index contributed by atoms with van der Waals surface area (Å²) in [5.41, 5.74) is -0.595. The van der Waals surface area contributed by atoms with Gasteiger partial charge in [-0.3, -0.25) is 0 Å². The van der Waals surface area contributed by atoms with Crippen LogP contribution in [0.5, 0.6) is 0 Å². The van der Waals surface area contributed by atoms with E-state index in [2.05, 4.69) is 12.2 Å². The van der Waals surface area contributed by atoms with Crippen molar-refractivity contribution in [1.82, 2.24) is 5.32 Å². The summed E-state index contributed by atoms with van der Waals surface area (Å²) in [5, 5.41) is 2.52. The van der Waals surface area contributed by atoms with Crippen molar-refractivity contribution in [1.29, 1.82) is 0 Å². The van der Waals surface area contributed by atoms with E-state index < -0.39 is 24.4 Å². The molecule has 0 unspecified atom stereocenters. The molecule has 0 heterocycles. The van der Waals surface area contributed by atoms with Crippen molar-refractivity contribution in [3.63, 3.8) is 0 Å². The number of rotatable bonds is 9. The highest BCUT2D eigenvalue weighted by molar-refractivity contribution is 5.68. The lowest BCUT2D eigenvalue weighted by Gasteiger charge is -2.30. The van der Waals surface area contributed by atoms with Gasteiger partial charge in [0.15, 0.2) is 0 Å². The number of unbranched alkanes of at least 4 members (excludes halogenated alkanes) is 1. The van der Waals surface area contributed by atoms with Gasteiger partial charge in [0.2, 0.25) is 0 Å². The zero-order chi connectivity index (χ0) is 18.0. The van der Waals surface area contributed by atoms with Crippen LogP contribution in [-0.4, -0.2) is 49.8 Å². The van der Waals surface area contributed by atoms with E-state index in [1.807, 2.05) is 0 Å². The summed E-state index contributed by atoms with van der Waals surface area (Å²) in [7, 11) is 0. The SMILES string of the molecule is CCCCO[C@H]1CC[C@H](OC[C@H](CF)NC(=O)OC(C)(C)C)CC1. The average molecular weight is 347 g/mol. The Hall–Kier alpha value is -0.880. The van der Waals surface area contributed by atoms with Gasteiger partial charge in [-0.15, -0.1) is 0 Å². The van der Waals surface area contributed by atoms with Crippen molar-refractivity contribution in [3.05, 3.63) is 0 Å². The molecule has 5 nitrogen and oxygen atoms in total. The van der Waals surface area contributed by atoms with Crippen LogP contribution in [0.3, 0.4) is 0 Å². The first-order valence-electron chi connectivity index (χ1n) is 9.12. The molecule has 0 aromatic heterocycles. The summed E-state index contributed by atoms with van der Waals surface area (Å²) >= 11 is 0. The van der Waals surface area contributed by atoms with E-state index in [-0.39, 0.29) is 12.7 Å². The molecule has 0 radical (unpaired) electrons. The van der Waals surface area contributed by atoms with Gasteiger partial charge in [-0.25, -0.2) is 9.18 Å². The Labute approximate surface area is 145 Å². The summed E-state index contributed by atoms with van der Waals surface area (Å²) in [6.07, 6.45) is 5.88. The molecule has 142 valence electrons. The largest absolute Gasteiger partial charge is 0.444 e. The summed E-state index contributed by atoms with van der Waals surface area (Å²) in [5.74, 6) is 0. The minimum absolute atomic E-state index is 0.116. The second-order valence-corrected chi connectivity index (χ2v) is 7.45. The van der Waals surface area contributed by atoms with Gasteiger partial charge in [0.05, 0.1) is 24.9 Å². The molecule has 0 aliphatic heterocycles. The second kappa shape index (κ2) is 10.9. The van der Waals surface area contributed by atoms with E-state index in [0.717, 1.165) is 45.1 Å². The molecule has 1 N–H and O–H groups in total. The summed E-state index contributed by atoms with van der Waals surface area (Å²) < 4.78 is 29.8. The van der Waals surface area contributed by atoms with E-state index in [0.29, 0.717) is 6.10 Å². The molecule has 1 rings (SSSR count). The maximum Gasteiger partial charge on any atom is 0.408 e. The smallest absolute Gasteiger partial charge is 0.408 e. The van der Waals surface area contributed by atoms with Crippen LogP contribution in [0.2, 0.25) is 0 Å². The topological polar surface area (TPSA) is 56.8 Å². The van der Waals surface area contributed by atoms with Crippen LogP contribution >= 0.6 is 0 Å². The normalized spacial score (nSPS) is 22.9. The fourth-order valence-electron chi connectivity index (χ4n) is 2.61. The van der Waals surface area contributed by atoms with Crippen LogP contribution in [0.4, 0.5) is 9.18 Å². The molecule has 1 fully saturated rings. The van der Waals surface area contributed by atoms with Crippen molar-refractivity contribution < 1.29 is 23.4 Å². The number of halogens is 1. The molecule has 24 heavy (non-hydrogen) atoms. The molecule has 0 saturated heterocycles. The third-order valence-electron chi connectivity index (χ3n) is 3.91. The van der Waals surface area contributed by atoms with E-state index in [1.54, 1.807) is 20.8 Å². The first-order chi connectivity index (χ1) is 11.3. The van der Waals surface area contributed by atoms with Crippen LogP contribution in [0.25, 0.3) is 0 Å². The average Bonchev–Trinajstić information content (AvgIpc) is 2.51. The molecule has 1 atom stereocenters. The molecule has 1 saturated carbocycles. The van der Waals surface area contributed by atoms with Crippen LogP contribution in [0.1, 0.15) is 66.2 Å². The zero-order valence-electron chi connectivity index (χ0n) is 15.6. The number of nitrogens with one attached hydrogen (secondary N) is 1. The molecule has 1 aliphatic carbocycles. The van der Waals surface area contributed by atoms with Gasteiger partial charge in [0.1, 0.15) is 12.3 Å². The van der Waals surface area contributed by atoms with Gasteiger partial charge in [0, 0.05) is 6.61 Å². The maximum atomic E-state index is 13.1. The number of carbonyl (C=O) groups is 1. The minimum Gasteiger partial charge on any atom is -0.444 e. The Bertz CT molecular complexity index is 351. The third kappa shape index (κ3) is 9.42. The van der Waals surface area contributed by atoms with Crippen molar-refractivity contribution >= 4 is 6.09 Å². The molecule has 0 spiro atoms. The van der Waals surface area contributed by atoms with Crippen molar-refractivity contribution in [2.24, 2.45) is 0 Å². The first-order valence-corrected chi connectivity index (χ1v) is 9.12. The standard InChI is InChI=1S/C18H34FNO4/c1-5-6-11-22-15-7-9-16(10-8-15)23-13-14(12-19)20-17(21)24-18(2,3)4/h14-16H,5-13H2,1-4H3,(H,20,21)/t14-,15-,16-/m0/s1. The van der Waals surface area contributed by atoms with Gasteiger partial charge < -0.3 is 19.5 Å². The number of ether oxygens (including phenoxy) is 3. The van der Waals surface area contributed by atoms with Crippen LogP contribution in [-0.2, 0) is 14.2 Å². The first kappa shape index (κ1) is 21.2. The number of carbonyl (C=O) groups excluding carboxylic acids is 1. The van der Waals surface area contributed by atoms with Gasteiger partial charge in [-0.05, 0) is 52.9 Å². The number of amides is 1. The summed E-state index contributed by atoms with van der Waals surface area (Å²) in [4.78, 5) is 11.7. The van der Waals surface area contributed by atoms with E-state index >= 15 is 0 Å². The second-order valence-electron chi connectivity index (χ2n) is 7.45. The lowest BCUT2D eigenvalue weighted by molar-refractivity contribution is -0.0383. The molecular formula is C18H34FNO4. The van der Waals surface area contributed by atoms with Crippen LogP contribution in [0, 0.1) is 0 Å². The van der Waals surface area contributed by atoms with Gasteiger partial charge in [-0.2, -0.15) is 0 Å². The van der Waals surface area contributed by atoms with Gasteiger partial charge >= 0.3 is 6.09 Å². The molecule has 1 aliphatic rings. The number of hydrogen-bond donors (Lipinski definition) is 1. The van der Waals surface area contributed by atoms with Crippen LogP contribution in [0.15, 0.2) is 0 Å². The molecule has 6 heteroatoms. The molecule has 0 aromatic rings. The van der Waals surface area contributed by atoms with Crippen LogP contribution < -0.4 is 5.32 Å². The lowest BCUT2D eigenvalue weighted by atomic mass is 9.95. The highest BCUT2D eigenvalue weighted by Gasteiger charge is 2.24. The van der Waals surface area contributed by atoms with Gasteiger partial charge in [-0.1, -0.05) is 13.3 Å². The Balaban J connectivity index is 2.21. The van der Waals surface area contributed by atoms with Crippen molar-refractivity contribution in [2.45, 2.75) is 90.1 Å². The number of alkyl carbamates (subject to hydrolysis) is 1. The third-order valence-corrected chi connectivity index (χ3v) is 3.91. The quantitative estimate of drug-likeness (QED) is 0.641. The maximum absolute atomic E-state index is 13.1. The molecule has 0 aromatic carbocycles. The fraction of sp³-hybridized carbons (Fsp3) is 0.944. The Morgan fingerprint density at radius 1 is 1.17 bits per heavy atom. The lowest BCUT2D eigenvalue weighted by Crippen LogP contribution is -2.43. The molecule has 1 amide bonds. The monoisotopic (exact) mass is 347 g/mol. The molecular weight excluding hydrogens is 313 g/mol. The van der Waals surface area contributed by atoms with E-state index in [4.69, 9.17) is 14.2 Å². The van der Waals surface area contributed by atoms with E-state index in [1.165, 1.54) is 0 Å². The minimum atomic E-state index is -0.672. The highest BCUT2D eigenvalue weighted by atomic mass is 19.1. The Kier molecular flexibility index (Phi) is 9.59. The summed E-state index contributed by atoms with van der Waals surface area (Å²) in [6, 6.07) is -0.668. The summed E-state index contributed by atoms with van der Waals surface area (Å²) in [6.45, 7) is 7.80. The predicted octanol–water partition coefficient (Wildman–Crippen LogP) is 3.99. The van der Waals surface area contributed by atoms with Gasteiger partial charge in [0.25, 0.3) is 0 Å². The predicted molar refractivity (Wildman–Crippen MR) is 92.0 cm³/mol. The van der Waals surface area contributed by atoms with Crippen molar-refractivity contribution in [3.8, 4) is 0 Å². The molecule has 0 bridgehead atoms. The highest BCUT2D eigenvalue weighted by Crippen LogP contribution is 2.23. The number of alkyl halides is 1.